The maximum Gasteiger partial charge on any atom is 0.191 e. The van der Waals surface area contributed by atoms with E-state index < -0.39 is 0 Å². The third-order valence-electron chi connectivity index (χ3n) is 3.16. The topological polar surface area (TPSA) is 54.2 Å². The molecule has 0 saturated carbocycles. The highest BCUT2D eigenvalue weighted by atomic mass is 127. The molecule has 0 spiro atoms. The molecule has 7 heteroatoms. The average Bonchev–Trinajstić information content (AvgIpc) is 3.15. The number of guanidine groups is 1. The zero-order valence-electron chi connectivity index (χ0n) is 13.8. The average molecular weight is 447 g/mol. The summed E-state index contributed by atoms with van der Waals surface area (Å²) in [5, 5.41) is 9.96. The summed E-state index contributed by atoms with van der Waals surface area (Å²) in [6, 6.07) is 4.08. The van der Waals surface area contributed by atoms with Gasteiger partial charge in [-0.1, -0.05) is 0 Å². The van der Waals surface area contributed by atoms with Crippen molar-refractivity contribution in [3.63, 3.8) is 0 Å². The first-order chi connectivity index (χ1) is 10.8. The van der Waals surface area contributed by atoms with Crippen molar-refractivity contribution >= 4 is 41.3 Å². The molecule has 0 amide bonds. The van der Waals surface area contributed by atoms with Gasteiger partial charge in [0.2, 0.25) is 0 Å². The second-order valence-corrected chi connectivity index (χ2v) is 6.04. The molecular formula is C16H26IN5S. The fourth-order valence-electron chi connectivity index (χ4n) is 2.10. The van der Waals surface area contributed by atoms with Crippen LogP contribution in [0.4, 0.5) is 0 Å². The van der Waals surface area contributed by atoms with Crippen molar-refractivity contribution in [1.29, 1.82) is 0 Å². The lowest BCUT2D eigenvalue weighted by molar-refractivity contribution is 0.664. The Morgan fingerprint density at radius 3 is 2.74 bits per heavy atom. The Hall–Kier alpha value is -1.09. The second-order valence-electron chi connectivity index (χ2n) is 5.09. The van der Waals surface area contributed by atoms with Crippen LogP contribution in [0.25, 0.3) is 0 Å². The first kappa shape index (κ1) is 20.0. The molecule has 0 bridgehead atoms. The van der Waals surface area contributed by atoms with Crippen LogP contribution in [-0.2, 0) is 13.0 Å². The zero-order valence-corrected chi connectivity index (χ0v) is 16.9. The lowest BCUT2D eigenvalue weighted by Crippen LogP contribution is -2.38. The Balaban J connectivity index is 0.00000264. The molecule has 2 N–H and O–H groups in total. The minimum absolute atomic E-state index is 0. The van der Waals surface area contributed by atoms with Crippen LogP contribution < -0.4 is 10.6 Å². The van der Waals surface area contributed by atoms with E-state index in [9.17, 15) is 0 Å². The monoisotopic (exact) mass is 447 g/mol. The second kappa shape index (κ2) is 11.4. The number of hydrogen-bond acceptors (Lipinski definition) is 3. The first-order valence-electron chi connectivity index (χ1n) is 7.82. The molecule has 0 fully saturated rings. The van der Waals surface area contributed by atoms with Gasteiger partial charge in [-0.15, -0.1) is 35.3 Å². The number of hydrogen-bond donors (Lipinski definition) is 2. The molecular weight excluding hydrogens is 421 g/mol. The van der Waals surface area contributed by atoms with E-state index in [2.05, 4.69) is 49.9 Å². The summed E-state index contributed by atoms with van der Waals surface area (Å²) < 4.78 is 2.15. The standard InChI is InChI=1S/C16H25N5S.HI/c1-3-17-16(19-9-12-21-10-4-5-11-21)18-8-6-7-15-20-14(2)13-22-15;/h4-5,10-11,13H,3,6-9,12H2,1-2H3,(H2,17,18,19);1H. The minimum Gasteiger partial charge on any atom is -0.357 e. The molecule has 0 aliphatic carbocycles. The third-order valence-corrected chi connectivity index (χ3v) is 4.18. The highest BCUT2D eigenvalue weighted by Crippen LogP contribution is 2.10. The molecule has 0 aliphatic heterocycles. The minimum atomic E-state index is 0. The molecule has 23 heavy (non-hydrogen) atoms. The number of aromatic nitrogens is 2. The highest BCUT2D eigenvalue weighted by Gasteiger charge is 1.99. The first-order valence-corrected chi connectivity index (χ1v) is 8.70. The number of nitrogens with one attached hydrogen (secondary N) is 2. The van der Waals surface area contributed by atoms with Crippen LogP contribution in [0.5, 0.6) is 0 Å². The van der Waals surface area contributed by atoms with Crippen molar-refractivity contribution in [3.8, 4) is 0 Å². The molecule has 0 saturated heterocycles. The number of thiazole rings is 1. The van der Waals surface area contributed by atoms with Gasteiger partial charge in [-0.2, -0.15) is 0 Å². The Labute approximate surface area is 159 Å². The molecule has 0 aliphatic rings. The van der Waals surface area contributed by atoms with Crippen LogP contribution in [-0.4, -0.2) is 35.1 Å². The van der Waals surface area contributed by atoms with Gasteiger partial charge >= 0.3 is 0 Å². The predicted octanol–water partition coefficient (Wildman–Crippen LogP) is 3.06. The predicted molar refractivity (Wildman–Crippen MR) is 109 cm³/mol. The summed E-state index contributed by atoms with van der Waals surface area (Å²) in [6.07, 6.45) is 6.18. The summed E-state index contributed by atoms with van der Waals surface area (Å²) >= 11 is 1.74. The van der Waals surface area contributed by atoms with E-state index in [0.717, 1.165) is 50.7 Å². The number of aliphatic imine (C=N–C) groups is 1. The van der Waals surface area contributed by atoms with Gasteiger partial charge in [0.1, 0.15) is 0 Å². The van der Waals surface area contributed by atoms with Crippen LogP contribution in [0.1, 0.15) is 24.0 Å². The molecule has 2 rings (SSSR count). The van der Waals surface area contributed by atoms with Crippen molar-refractivity contribution < 1.29 is 0 Å². The highest BCUT2D eigenvalue weighted by molar-refractivity contribution is 14.0. The van der Waals surface area contributed by atoms with Crippen molar-refractivity contribution in [2.45, 2.75) is 33.2 Å². The van der Waals surface area contributed by atoms with Gasteiger partial charge in [-0.3, -0.25) is 4.99 Å². The Bertz CT molecular complexity index is 565. The fourth-order valence-corrected chi connectivity index (χ4v) is 2.92. The van der Waals surface area contributed by atoms with Crippen LogP contribution >= 0.6 is 35.3 Å². The van der Waals surface area contributed by atoms with E-state index in [-0.39, 0.29) is 24.0 Å². The SMILES string of the molecule is CCNC(=NCCCc1nc(C)cs1)NCCn1cccc1.I. The maximum atomic E-state index is 4.62. The molecule has 0 unspecified atom stereocenters. The summed E-state index contributed by atoms with van der Waals surface area (Å²) in [6.45, 7) is 7.62. The summed E-state index contributed by atoms with van der Waals surface area (Å²) in [5.41, 5.74) is 1.11. The molecule has 2 aromatic rings. The van der Waals surface area contributed by atoms with Crippen LogP contribution in [0.15, 0.2) is 34.9 Å². The van der Waals surface area contributed by atoms with Gasteiger partial charge in [-0.25, -0.2) is 4.98 Å². The molecule has 0 aromatic carbocycles. The van der Waals surface area contributed by atoms with E-state index in [1.165, 1.54) is 5.01 Å². The van der Waals surface area contributed by atoms with Crippen molar-refractivity contribution in [2.75, 3.05) is 19.6 Å². The van der Waals surface area contributed by atoms with Gasteiger partial charge in [0.15, 0.2) is 5.96 Å². The van der Waals surface area contributed by atoms with Gasteiger partial charge in [0.25, 0.3) is 0 Å². The Morgan fingerprint density at radius 2 is 2.09 bits per heavy atom. The van der Waals surface area contributed by atoms with Crippen LogP contribution in [0, 0.1) is 6.92 Å². The van der Waals surface area contributed by atoms with Crippen LogP contribution in [0.2, 0.25) is 0 Å². The Kier molecular flexibility index (Phi) is 9.93. The molecule has 2 heterocycles. The number of nitrogens with zero attached hydrogens (tertiary/aromatic N) is 3. The zero-order chi connectivity index (χ0) is 15.6. The van der Waals surface area contributed by atoms with Crippen LogP contribution in [0.3, 0.4) is 0 Å². The third kappa shape index (κ3) is 7.83. The summed E-state index contributed by atoms with van der Waals surface area (Å²) in [7, 11) is 0. The van der Waals surface area contributed by atoms with E-state index in [0.29, 0.717) is 0 Å². The summed E-state index contributed by atoms with van der Waals surface area (Å²) in [5.74, 6) is 0.893. The lowest BCUT2D eigenvalue weighted by atomic mass is 10.3. The van der Waals surface area contributed by atoms with Gasteiger partial charge in [0.05, 0.1) is 5.01 Å². The van der Waals surface area contributed by atoms with E-state index >= 15 is 0 Å². The largest absolute Gasteiger partial charge is 0.357 e. The lowest BCUT2D eigenvalue weighted by Gasteiger charge is -2.11. The van der Waals surface area contributed by atoms with Crippen molar-refractivity contribution in [2.24, 2.45) is 4.99 Å². The molecule has 5 nitrogen and oxygen atoms in total. The quantitative estimate of drug-likeness (QED) is 0.283. The number of rotatable bonds is 8. The normalized spacial score (nSPS) is 11.1. The van der Waals surface area contributed by atoms with Gasteiger partial charge in [-0.05, 0) is 32.4 Å². The van der Waals surface area contributed by atoms with Gasteiger partial charge < -0.3 is 15.2 Å². The smallest absolute Gasteiger partial charge is 0.191 e. The van der Waals surface area contributed by atoms with E-state index in [4.69, 9.17) is 0 Å². The van der Waals surface area contributed by atoms with E-state index in [1.807, 2.05) is 19.1 Å². The molecule has 2 aromatic heterocycles. The van der Waals surface area contributed by atoms with Crippen molar-refractivity contribution in [3.05, 3.63) is 40.6 Å². The molecule has 128 valence electrons. The Morgan fingerprint density at radius 1 is 1.30 bits per heavy atom. The van der Waals surface area contributed by atoms with Crippen molar-refractivity contribution in [1.82, 2.24) is 20.2 Å². The molecule has 0 radical (unpaired) electrons. The fraction of sp³-hybridized carbons (Fsp3) is 0.500. The maximum absolute atomic E-state index is 4.62. The molecule has 0 atom stereocenters. The number of aryl methyl sites for hydroxylation is 2. The number of halogens is 1. The van der Waals surface area contributed by atoms with E-state index in [1.54, 1.807) is 11.3 Å². The van der Waals surface area contributed by atoms with Gasteiger partial charge in [0, 0.05) is 56.1 Å². The summed E-state index contributed by atoms with van der Waals surface area (Å²) in [4.78, 5) is 9.09.